The van der Waals surface area contributed by atoms with E-state index in [4.69, 9.17) is 0 Å². The Morgan fingerprint density at radius 3 is 2.89 bits per heavy atom. The summed E-state index contributed by atoms with van der Waals surface area (Å²) in [5.41, 5.74) is -1.31. The van der Waals surface area contributed by atoms with Crippen LogP contribution in [0.1, 0.15) is 39.5 Å². The van der Waals surface area contributed by atoms with Crippen molar-refractivity contribution in [1.82, 2.24) is 10.2 Å². The first-order valence-electron chi connectivity index (χ1n) is 7.25. The van der Waals surface area contributed by atoms with E-state index < -0.39 is 17.1 Å². The molecule has 1 spiro atoms. The van der Waals surface area contributed by atoms with Gasteiger partial charge in [0.15, 0.2) is 0 Å². The topological polar surface area (TPSA) is 72.8 Å². The molecule has 2 heterocycles. The quantitative estimate of drug-likeness (QED) is 0.680. The predicted molar refractivity (Wildman–Crippen MR) is 72.7 cm³/mol. The molecule has 0 unspecified atom stereocenters. The van der Waals surface area contributed by atoms with E-state index in [1.165, 1.54) is 0 Å². The summed E-state index contributed by atoms with van der Waals surface area (Å²) in [6.07, 6.45) is 2.48. The SMILES string of the molecule is CC(C)(O)CCN1CC[C@H](O)[C@@]2(CCCNC2=O)C1. The maximum atomic E-state index is 12.2. The zero-order chi connectivity index (χ0) is 14.1. The number of nitrogens with one attached hydrogen (secondary N) is 1. The summed E-state index contributed by atoms with van der Waals surface area (Å²) >= 11 is 0. The number of carbonyl (C=O) groups is 1. The second-order valence-electron chi connectivity index (χ2n) is 6.66. The van der Waals surface area contributed by atoms with Gasteiger partial charge in [-0.25, -0.2) is 0 Å². The smallest absolute Gasteiger partial charge is 0.230 e. The number of rotatable bonds is 3. The van der Waals surface area contributed by atoms with Gasteiger partial charge in [0, 0.05) is 26.2 Å². The zero-order valence-electron chi connectivity index (χ0n) is 12.0. The number of piperidine rings is 2. The Morgan fingerprint density at radius 2 is 2.26 bits per heavy atom. The third-order valence-electron chi connectivity index (χ3n) is 4.44. The third kappa shape index (κ3) is 3.27. The normalized spacial score (nSPS) is 33.5. The van der Waals surface area contributed by atoms with Gasteiger partial charge in [-0.2, -0.15) is 0 Å². The van der Waals surface area contributed by atoms with E-state index in [9.17, 15) is 15.0 Å². The van der Waals surface area contributed by atoms with Crippen LogP contribution < -0.4 is 5.32 Å². The van der Waals surface area contributed by atoms with E-state index in [1.807, 2.05) is 0 Å². The summed E-state index contributed by atoms with van der Waals surface area (Å²) in [4.78, 5) is 14.4. The van der Waals surface area contributed by atoms with E-state index in [0.717, 1.165) is 32.5 Å². The zero-order valence-corrected chi connectivity index (χ0v) is 12.0. The maximum absolute atomic E-state index is 12.2. The molecule has 2 saturated heterocycles. The Hall–Kier alpha value is -0.650. The second kappa shape index (κ2) is 5.38. The fourth-order valence-electron chi connectivity index (χ4n) is 3.15. The standard InChI is InChI=1S/C14H26N2O3/c1-13(2,19)6-9-16-8-4-11(17)14(10-16)5-3-7-15-12(14)18/h11,17,19H,3-10H2,1-2H3,(H,15,18)/t11-,14+/m0/s1. The molecule has 0 radical (unpaired) electrons. The van der Waals surface area contributed by atoms with Gasteiger partial charge < -0.3 is 20.4 Å². The Labute approximate surface area is 115 Å². The number of hydrogen-bond acceptors (Lipinski definition) is 4. The van der Waals surface area contributed by atoms with E-state index in [0.29, 0.717) is 19.4 Å². The van der Waals surface area contributed by atoms with E-state index in [2.05, 4.69) is 10.2 Å². The highest BCUT2D eigenvalue weighted by Crippen LogP contribution is 2.37. The number of hydrogen-bond donors (Lipinski definition) is 3. The molecule has 0 aromatic carbocycles. The minimum atomic E-state index is -0.682. The summed E-state index contributed by atoms with van der Waals surface area (Å²) < 4.78 is 0. The molecule has 0 bridgehead atoms. The Bertz CT molecular complexity index is 340. The van der Waals surface area contributed by atoms with Crippen molar-refractivity contribution in [1.29, 1.82) is 0 Å². The monoisotopic (exact) mass is 270 g/mol. The van der Waals surface area contributed by atoms with Gasteiger partial charge in [0.25, 0.3) is 0 Å². The first-order valence-corrected chi connectivity index (χ1v) is 7.25. The molecule has 2 rings (SSSR count). The first-order chi connectivity index (χ1) is 8.83. The van der Waals surface area contributed by atoms with Crippen molar-refractivity contribution in [2.24, 2.45) is 5.41 Å². The number of carbonyl (C=O) groups excluding carboxylic acids is 1. The van der Waals surface area contributed by atoms with Gasteiger partial charge in [0.1, 0.15) is 0 Å². The van der Waals surface area contributed by atoms with Crippen molar-refractivity contribution < 1.29 is 15.0 Å². The number of aliphatic hydroxyl groups excluding tert-OH is 1. The lowest BCUT2D eigenvalue weighted by Crippen LogP contribution is -2.61. The largest absolute Gasteiger partial charge is 0.392 e. The molecule has 3 N–H and O–H groups in total. The Morgan fingerprint density at radius 1 is 1.53 bits per heavy atom. The van der Waals surface area contributed by atoms with E-state index >= 15 is 0 Å². The van der Waals surface area contributed by atoms with Crippen LogP contribution in [0.3, 0.4) is 0 Å². The molecule has 2 atom stereocenters. The average molecular weight is 270 g/mol. The molecule has 0 aromatic rings. The van der Waals surface area contributed by atoms with Gasteiger partial charge in [-0.15, -0.1) is 0 Å². The molecular formula is C14H26N2O3. The number of nitrogens with zero attached hydrogens (tertiary/aromatic N) is 1. The lowest BCUT2D eigenvalue weighted by atomic mass is 9.71. The van der Waals surface area contributed by atoms with Gasteiger partial charge >= 0.3 is 0 Å². The summed E-state index contributed by atoms with van der Waals surface area (Å²) in [6, 6.07) is 0. The van der Waals surface area contributed by atoms with Crippen LogP contribution in [0.4, 0.5) is 0 Å². The van der Waals surface area contributed by atoms with Crippen LogP contribution in [-0.2, 0) is 4.79 Å². The fraction of sp³-hybridized carbons (Fsp3) is 0.929. The van der Waals surface area contributed by atoms with Crippen LogP contribution in [-0.4, -0.2) is 58.9 Å². The van der Waals surface area contributed by atoms with Crippen molar-refractivity contribution in [3.63, 3.8) is 0 Å². The van der Waals surface area contributed by atoms with Crippen molar-refractivity contribution in [2.75, 3.05) is 26.2 Å². The number of amides is 1. The highest BCUT2D eigenvalue weighted by atomic mass is 16.3. The average Bonchev–Trinajstić information content (AvgIpc) is 2.33. The Balaban J connectivity index is 2.01. The molecule has 0 saturated carbocycles. The predicted octanol–water partition coefficient (Wildman–Crippen LogP) is 0.110. The lowest BCUT2D eigenvalue weighted by Gasteiger charge is -2.47. The lowest BCUT2D eigenvalue weighted by molar-refractivity contribution is -0.149. The molecule has 1 amide bonds. The van der Waals surface area contributed by atoms with E-state index in [-0.39, 0.29) is 5.91 Å². The van der Waals surface area contributed by atoms with Crippen molar-refractivity contribution >= 4 is 5.91 Å². The summed E-state index contributed by atoms with van der Waals surface area (Å²) in [5, 5.41) is 23.0. The fourth-order valence-corrected chi connectivity index (χ4v) is 3.15. The van der Waals surface area contributed by atoms with Crippen LogP contribution in [0.5, 0.6) is 0 Å². The molecule has 110 valence electrons. The van der Waals surface area contributed by atoms with Crippen LogP contribution in [0.15, 0.2) is 0 Å². The molecule has 19 heavy (non-hydrogen) atoms. The summed E-state index contributed by atoms with van der Waals surface area (Å²) in [6.45, 7) is 6.49. The molecule has 0 aromatic heterocycles. The molecule has 2 aliphatic rings. The summed E-state index contributed by atoms with van der Waals surface area (Å²) in [7, 11) is 0. The second-order valence-corrected chi connectivity index (χ2v) is 6.66. The van der Waals surface area contributed by atoms with Gasteiger partial charge in [0.2, 0.25) is 5.91 Å². The van der Waals surface area contributed by atoms with Crippen LogP contribution in [0.2, 0.25) is 0 Å². The van der Waals surface area contributed by atoms with Gasteiger partial charge in [-0.05, 0) is 39.5 Å². The number of likely N-dealkylation sites (tertiary alicyclic amines) is 1. The highest BCUT2D eigenvalue weighted by Gasteiger charge is 2.49. The van der Waals surface area contributed by atoms with Gasteiger partial charge in [-0.1, -0.05) is 0 Å². The number of aliphatic hydroxyl groups is 2. The molecule has 2 fully saturated rings. The molecule has 5 heteroatoms. The van der Waals surface area contributed by atoms with Gasteiger partial charge in [-0.3, -0.25) is 4.79 Å². The van der Waals surface area contributed by atoms with Crippen LogP contribution in [0, 0.1) is 5.41 Å². The van der Waals surface area contributed by atoms with Crippen molar-refractivity contribution in [3.05, 3.63) is 0 Å². The summed E-state index contributed by atoms with van der Waals surface area (Å²) in [5.74, 6) is -0.000733. The Kier molecular flexibility index (Phi) is 4.18. The van der Waals surface area contributed by atoms with Crippen molar-refractivity contribution in [2.45, 2.75) is 51.2 Å². The molecule has 5 nitrogen and oxygen atoms in total. The van der Waals surface area contributed by atoms with Gasteiger partial charge in [0.05, 0.1) is 17.1 Å². The third-order valence-corrected chi connectivity index (χ3v) is 4.44. The minimum absolute atomic E-state index is 0.000733. The van der Waals surface area contributed by atoms with Crippen molar-refractivity contribution in [3.8, 4) is 0 Å². The first kappa shape index (κ1) is 14.8. The van der Waals surface area contributed by atoms with Crippen LogP contribution in [0.25, 0.3) is 0 Å². The highest BCUT2D eigenvalue weighted by molar-refractivity contribution is 5.84. The molecular weight excluding hydrogens is 244 g/mol. The molecule has 2 aliphatic heterocycles. The minimum Gasteiger partial charge on any atom is -0.392 e. The molecule has 0 aliphatic carbocycles. The van der Waals surface area contributed by atoms with Crippen LogP contribution >= 0.6 is 0 Å². The maximum Gasteiger partial charge on any atom is 0.230 e. The van der Waals surface area contributed by atoms with E-state index in [1.54, 1.807) is 13.8 Å².